The van der Waals surface area contributed by atoms with E-state index in [2.05, 4.69) is 0 Å². The number of primary sulfonamides is 1. The van der Waals surface area contributed by atoms with Crippen LogP contribution >= 0.6 is 0 Å². The van der Waals surface area contributed by atoms with E-state index in [-0.39, 0.29) is 5.56 Å². The van der Waals surface area contributed by atoms with Gasteiger partial charge in [0.05, 0.1) is 16.6 Å². The normalized spacial score (nSPS) is 10.8. The molecule has 0 aliphatic rings. The molecule has 0 amide bonds. The number of hydrogen-bond donors (Lipinski definition) is 1. The first-order valence-corrected chi connectivity index (χ1v) is 5.54. The van der Waals surface area contributed by atoms with Crippen LogP contribution in [-0.4, -0.2) is 13.3 Å². The Hall–Kier alpha value is -1.98. The Bertz CT molecular complexity index is 600. The molecule has 0 saturated carbocycles. The molecule has 0 fully saturated rings. The summed E-state index contributed by atoms with van der Waals surface area (Å²) in [6, 6.07) is 3.65. The highest BCUT2D eigenvalue weighted by Gasteiger charge is 2.24. The number of sulfonamides is 1. The van der Waals surface area contributed by atoms with Gasteiger partial charge < -0.3 is 0 Å². The maximum Gasteiger partial charge on any atom is 0.290 e. The van der Waals surface area contributed by atoms with E-state index >= 15 is 0 Å². The van der Waals surface area contributed by atoms with Crippen LogP contribution in [0.3, 0.4) is 0 Å². The lowest BCUT2D eigenvalue weighted by Gasteiger charge is -2.03. The summed E-state index contributed by atoms with van der Waals surface area (Å²) in [6.45, 7) is 1.47. The average Bonchev–Trinajstić information content (AvgIpc) is 2.15. The molecule has 0 saturated heterocycles. The Morgan fingerprint density at radius 3 is 2.44 bits per heavy atom. The zero-order valence-corrected chi connectivity index (χ0v) is 8.98. The molecule has 0 atom stereocenters. The van der Waals surface area contributed by atoms with Gasteiger partial charge in [-0.3, -0.25) is 10.1 Å². The number of nitriles is 1. The van der Waals surface area contributed by atoms with E-state index in [0.29, 0.717) is 5.56 Å². The molecule has 0 aliphatic carbocycles. The Labute approximate surface area is 91.3 Å². The molecule has 0 unspecified atom stereocenters. The second-order valence-corrected chi connectivity index (χ2v) is 4.58. The number of aryl methyl sites for hydroxylation is 1. The quantitative estimate of drug-likeness (QED) is 0.592. The highest BCUT2D eigenvalue weighted by atomic mass is 32.2. The molecular formula is C8H7N3O4S. The first-order chi connectivity index (χ1) is 7.27. The number of nitrogens with zero attached hydrogens (tertiary/aromatic N) is 2. The fraction of sp³-hybridized carbons (Fsp3) is 0.125. The number of hydrogen-bond acceptors (Lipinski definition) is 5. The van der Waals surface area contributed by atoms with Gasteiger partial charge in [-0.05, 0) is 18.6 Å². The van der Waals surface area contributed by atoms with Gasteiger partial charge in [0, 0.05) is 6.07 Å². The lowest BCUT2D eigenvalue weighted by Crippen LogP contribution is -2.14. The van der Waals surface area contributed by atoms with Crippen molar-refractivity contribution >= 4 is 15.7 Å². The molecule has 0 aliphatic heterocycles. The van der Waals surface area contributed by atoms with Gasteiger partial charge in [0.1, 0.15) is 0 Å². The van der Waals surface area contributed by atoms with Gasteiger partial charge in [0.15, 0.2) is 4.90 Å². The summed E-state index contributed by atoms with van der Waals surface area (Å²) < 4.78 is 22.2. The third-order valence-corrected chi connectivity index (χ3v) is 2.87. The van der Waals surface area contributed by atoms with Gasteiger partial charge in [-0.15, -0.1) is 0 Å². The zero-order chi connectivity index (χ0) is 12.5. The van der Waals surface area contributed by atoms with E-state index in [1.807, 2.05) is 0 Å². The van der Waals surface area contributed by atoms with Crippen molar-refractivity contribution in [2.24, 2.45) is 5.14 Å². The summed E-state index contributed by atoms with van der Waals surface area (Å²) in [5, 5.41) is 24.1. The minimum Gasteiger partial charge on any atom is -0.258 e. The molecule has 7 nitrogen and oxygen atoms in total. The van der Waals surface area contributed by atoms with Crippen LogP contribution in [0.1, 0.15) is 11.1 Å². The standard InChI is InChI=1S/C8H7N3O4S/c1-5-2-8(16(10,14)15)7(11(12)13)3-6(5)4-9/h2-3H,1H3,(H2,10,14,15). The Balaban J connectivity index is 3.70. The maximum atomic E-state index is 11.1. The third-order valence-electron chi connectivity index (χ3n) is 1.93. The number of rotatable bonds is 2. The van der Waals surface area contributed by atoms with E-state index < -0.39 is 25.5 Å². The van der Waals surface area contributed by atoms with Crippen molar-refractivity contribution in [3.05, 3.63) is 33.4 Å². The SMILES string of the molecule is Cc1cc(S(N)(=O)=O)c([N+](=O)[O-])cc1C#N. The van der Waals surface area contributed by atoms with Crippen molar-refractivity contribution in [2.75, 3.05) is 0 Å². The third kappa shape index (κ3) is 2.16. The van der Waals surface area contributed by atoms with Crippen molar-refractivity contribution in [3.8, 4) is 6.07 Å². The smallest absolute Gasteiger partial charge is 0.258 e. The second-order valence-electron chi connectivity index (χ2n) is 3.05. The van der Waals surface area contributed by atoms with Crippen LogP contribution < -0.4 is 5.14 Å². The Kier molecular flexibility index (Phi) is 2.93. The molecule has 1 rings (SSSR count). The molecular weight excluding hydrogens is 234 g/mol. The predicted molar refractivity (Wildman–Crippen MR) is 53.9 cm³/mol. The molecule has 2 N–H and O–H groups in total. The summed E-state index contributed by atoms with van der Waals surface area (Å²) in [6.07, 6.45) is 0. The van der Waals surface area contributed by atoms with E-state index in [9.17, 15) is 18.5 Å². The predicted octanol–water partition coefficient (Wildman–Crippen LogP) is 0.422. The molecule has 16 heavy (non-hydrogen) atoms. The van der Waals surface area contributed by atoms with E-state index in [4.69, 9.17) is 10.4 Å². The highest BCUT2D eigenvalue weighted by molar-refractivity contribution is 7.89. The zero-order valence-electron chi connectivity index (χ0n) is 8.17. The fourth-order valence-corrected chi connectivity index (χ4v) is 1.93. The lowest BCUT2D eigenvalue weighted by molar-refractivity contribution is -0.387. The second kappa shape index (κ2) is 3.88. The van der Waals surface area contributed by atoms with Crippen LogP contribution in [0, 0.1) is 28.4 Å². The summed E-state index contributed by atoms with van der Waals surface area (Å²) in [5.41, 5.74) is -0.333. The van der Waals surface area contributed by atoms with Crippen molar-refractivity contribution in [1.29, 1.82) is 5.26 Å². The van der Waals surface area contributed by atoms with Gasteiger partial charge in [-0.25, -0.2) is 13.6 Å². The molecule has 8 heteroatoms. The molecule has 0 bridgehead atoms. The number of nitro groups is 1. The van der Waals surface area contributed by atoms with Crippen molar-refractivity contribution < 1.29 is 13.3 Å². The van der Waals surface area contributed by atoms with E-state index in [1.54, 1.807) is 6.07 Å². The van der Waals surface area contributed by atoms with Crippen LogP contribution in [0.25, 0.3) is 0 Å². The minimum atomic E-state index is -4.18. The number of nitrogens with two attached hydrogens (primary N) is 1. The molecule has 84 valence electrons. The molecule has 1 aromatic carbocycles. The summed E-state index contributed by atoms with van der Waals surface area (Å²) in [5.74, 6) is 0. The summed E-state index contributed by atoms with van der Waals surface area (Å²) in [4.78, 5) is 9.15. The van der Waals surface area contributed by atoms with Crippen LogP contribution in [0.4, 0.5) is 5.69 Å². The van der Waals surface area contributed by atoms with Crippen LogP contribution in [0.5, 0.6) is 0 Å². The topological polar surface area (TPSA) is 127 Å². The van der Waals surface area contributed by atoms with E-state index in [1.165, 1.54) is 6.92 Å². The van der Waals surface area contributed by atoms with Gasteiger partial charge in [-0.1, -0.05) is 0 Å². The first kappa shape index (κ1) is 12.1. The average molecular weight is 241 g/mol. The number of benzene rings is 1. The lowest BCUT2D eigenvalue weighted by atomic mass is 10.1. The number of nitro benzene ring substituents is 1. The van der Waals surface area contributed by atoms with Crippen LogP contribution in [0.2, 0.25) is 0 Å². The summed E-state index contributed by atoms with van der Waals surface area (Å²) >= 11 is 0. The molecule has 0 aromatic heterocycles. The van der Waals surface area contributed by atoms with Gasteiger partial charge in [0.2, 0.25) is 10.0 Å². The largest absolute Gasteiger partial charge is 0.290 e. The fourth-order valence-electron chi connectivity index (χ4n) is 1.16. The van der Waals surface area contributed by atoms with Crippen molar-refractivity contribution in [2.45, 2.75) is 11.8 Å². The maximum absolute atomic E-state index is 11.1. The molecule has 0 heterocycles. The minimum absolute atomic E-state index is 0.0408. The Morgan fingerprint density at radius 1 is 1.50 bits per heavy atom. The summed E-state index contributed by atoms with van der Waals surface area (Å²) in [7, 11) is -4.18. The monoisotopic (exact) mass is 241 g/mol. The molecule has 0 radical (unpaired) electrons. The van der Waals surface area contributed by atoms with Gasteiger partial charge in [0.25, 0.3) is 5.69 Å². The van der Waals surface area contributed by atoms with Crippen molar-refractivity contribution in [3.63, 3.8) is 0 Å². The first-order valence-electron chi connectivity index (χ1n) is 3.99. The van der Waals surface area contributed by atoms with Crippen LogP contribution in [-0.2, 0) is 10.0 Å². The van der Waals surface area contributed by atoms with Gasteiger partial charge >= 0.3 is 0 Å². The van der Waals surface area contributed by atoms with Crippen molar-refractivity contribution in [1.82, 2.24) is 0 Å². The molecule has 1 aromatic rings. The molecule has 0 spiro atoms. The van der Waals surface area contributed by atoms with Crippen LogP contribution in [0.15, 0.2) is 17.0 Å². The Morgan fingerprint density at radius 2 is 2.06 bits per heavy atom. The highest BCUT2D eigenvalue weighted by Crippen LogP contribution is 2.26. The van der Waals surface area contributed by atoms with Gasteiger partial charge in [-0.2, -0.15) is 5.26 Å². The van der Waals surface area contributed by atoms with E-state index in [0.717, 1.165) is 12.1 Å².